The molecule has 7 heteroatoms. The Morgan fingerprint density at radius 3 is 2.92 bits per heavy atom. The predicted molar refractivity (Wildman–Crippen MR) is 112 cm³/mol. The molecule has 146 valence electrons. The highest BCUT2D eigenvalue weighted by atomic mass is 32.2. The first-order valence-electron chi connectivity index (χ1n) is 9.51. The minimum absolute atomic E-state index is 0.0566. The van der Waals surface area contributed by atoms with Gasteiger partial charge in [-0.05, 0) is 43.6 Å². The van der Waals surface area contributed by atoms with Crippen LogP contribution in [0.25, 0.3) is 0 Å². The molecule has 5 nitrogen and oxygen atoms in total. The van der Waals surface area contributed by atoms with E-state index in [9.17, 15) is 0 Å². The molecular weight excluding hydrogens is 364 g/mol. The molecule has 0 saturated carbocycles. The van der Waals surface area contributed by atoms with Gasteiger partial charge in [0.15, 0.2) is 0 Å². The van der Waals surface area contributed by atoms with E-state index in [4.69, 9.17) is 16.3 Å². The summed E-state index contributed by atoms with van der Waals surface area (Å²) in [6, 6.07) is 2.40. The lowest BCUT2D eigenvalue weighted by molar-refractivity contribution is -0.0941. The number of nitrogens with zero attached hydrogens (tertiary/aromatic N) is 2. The van der Waals surface area contributed by atoms with Gasteiger partial charge in [0.2, 0.25) is 0 Å². The third-order valence-corrected chi connectivity index (χ3v) is 7.43. The van der Waals surface area contributed by atoms with Gasteiger partial charge in [0, 0.05) is 53.6 Å². The molecule has 1 aromatic heterocycles. The summed E-state index contributed by atoms with van der Waals surface area (Å²) in [7, 11) is 0. The maximum Gasteiger partial charge on any atom is 0.105 e. The van der Waals surface area contributed by atoms with E-state index >= 15 is 0 Å². The van der Waals surface area contributed by atoms with Crippen LogP contribution >= 0.6 is 23.1 Å². The van der Waals surface area contributed by atoms with Crippen LogP contribution in [0.2, 0.25) is 0 Å². The van der Waals surface area contributed by atoms with E-state index in [0.29, 0.717) is 0 Å². The molecule has 26 heavy (non-hydrogen) atoms. The van der Waals surface area contributed by atoms with Gasteiger partial charge in [0.05, 0.1) is 6.61 Å². The molecule has 0 radical (unpaired) electrons. The van der Waals surface area contributed by atoms with E-state index < -0.39 is 0 Å². The van der Waals surface area contributed by atoms with Crippen LogP contribution in [0.4, 0.5) is 0 Å². The zero-order valence-corrected chi connectivity index (χ0v) is 17.6. The number of nitrogens with two attached hydrogens (primary N) is 2. The molecule has 1 fully saturated rings. The molecule has 1 saturated heterocycles. The van der Waals surface area contributed by atoms with Crippen LogP contribution in [-0.2, 0) is 23.2 Å². The summed E-state index contributed by atoms with van der Waals surface area (Å²) in [5, 5.41) is 1.70. The van der Waals surface area contributed by atoms with E-state index in [1.807, 2.05) is 17.5 Å². The topological polar surface area (TPSA) is 67.8 Å². The number of rotatable bonds is 7. The quantitative estimate of drug-likeness (QED) is 0.545. The zero-order chi connectivity index (χ0) is 18.6. The summed E-state index contributed by atoms with van der Waals surface area (Å²) >= 11 is 3.75. The summed E-state index contributed by atoms with van der Waals surface area (Å²) in [5.41, 5.74) is 8.51. The number of likely N-dealkylation sites (tertiary alicyclic amines) is 1. The smallest absolute Gasteiger partial charge is 0.105 e. The van der Waals surface area contributed by atoms with Gasteiger partial charge in [-0.2, -0.15) is 11.8 Å². The average Bonchev–Trinajstić information content (AvgIpc) is 3.07. The molecule has 0 amide bonds. The van der Waals surface area contributed by atoms with Crippen molar-refractivity contribution in [2.75, 3.05) is 44.8 Å². The van der Waals surface area contributed by atoms with E-state index in [-0.39, 0.29) is 5.60 Å². The number of ether oxygens (including phenoxy) is 1. The first-order valence-corrected chi connectivity index (χ1v) is 11.7. The van der Waals surface area contributed by atoms with Gasteiger partial charge in [-0.25, -0.2) is 5.84 Å². The standard InChI is InChI=1S/C19H32N4OS2/c1-3-17-12-15-4-10-24-19(18(15)26-17)5-7-22(8-6-19)13-16(20)14-23(21)9-11-25-2/h12,14H,3-11,13,20-21H2,1-2H3/b16-14-. The van der Waals surface area contributed by atoms with Crippen molar-refractivity contribution in [3.63, 3.8) is 0 Å². The molecule has 0 aromatic carbocycles. The predicted octanol–water partition coefficient (Wildman–Crippen LogP) is 2.51. The van der Waals surface area contributed by atoms with Crippen LogP contribution < -0.4 is 11.6 Å². The molecule has 2 aliphatic rings. The number of hydrogen-bond donors (Lipinski definition) is 2. The molecule has 4 N–H and O–H groups in total. The van der Waals surface area contributed by atoms with Crippen molar-refractivity contribution in [1.29, 1.82) is 0 Å². The number of hydrogen-bond acceptors (Lipinski definition) is 7. The normalized spacial score (nSPS) is 20.3. The lowest BCUT2D eigenvalue weighted by Crippen LogP contribution is -2.47. The van der Waals surface area contributed by atoms with Gasteiger partial charge in [0.25, 0.3) is 0 Å². The fraction of sp³-hybridized carbons (Fsp3) is 0.684. The Kier molecular flexibility index (Phi) is 6.91. The number of aryl methyl sites for hydroxylation is 1. The second-order valence-corrected chi connectivity index (χ2v) is 9.35. The van der Waals surface area contributed by atoms with Crippen molar-refractivity contribution >= 4 is 23.1 Å². The van der Waals surface area contributed by atoms with Crippen LogP contribution in [0.1, 0.15) is 35.1 Å². The Morgan fingerprint density at radius 1 is 1.46 bits per heavy atom. The second-order valence-electron chi connectivity index (χ2n) is 7.22. The summed E-state index contributed by atoms with van der Waals surface area (Å²) in [6.45, 7) is 6.72. The molecule has 0 bridgehead atoms. The molecule has 0 unspecified atom stereocenters. The minimum Gasteiger partial charge on any atom is -0.400 e. The Morgan fingerprint density at radius 2 is 2.23 bits per heavy atom. The van der Waals surface area contributed by atoms with E-state index in [1.54, 1.807) is 16.8 Å². The fourth-order valence-electron chi connectivity index (χ4n) is 3.87. The van der Waals surface area contributed by atoms with Gasteiger partial charge in [-0.3, -0.25) is 4.90 Å². The molecule has 2 aliphatic heterocycles. The first kappa shape index (κ1) is 20.0. The van der Waals surface area contributed by atoms with Crippen LogP contribution in [-0.4, -0.2) is 54.7 Å². The third kappa shape index (κ3) is 4.57. The largest absolute Gasteiger partial charge is 0.400 e. The van der Waals surface area contributed by atoms with Crippen molar-refractivity contribution in [3.8, 4) is 0 Å². The summed E-state index contributed by atoms with van der Waals surface area (Å²) in [6.07, 6.45) is 8.25. The van der Waals surface area contributed by atoms with Crippen molar-refractivity contribution in [3.05, 3.63) is 33.3 Å². The maximum absolute atomic E-state index is 6.36. The lowest BCUT2D eigenvalue weighted by atomic mass is 9.85. The first-order chi connectivity index (χ1) is 12.6. The molecular formula is C19H32N4OS2. The Hall–Kier alpha value is -0.730. The number of thioether (sulfide) groups is 1. The van der Waals surface area contributed by atoms with Gasteiger partial charge >= 0.3 is 0 Å². The fourth-order valence-corrected chi connectivity index (χ4v) is 5.61. The molecule has 1 spiro atoms. The highest BCUT2D eigenvalue weighted by molar-refractivity contribution is 7.98. The van der Waals surface area contributed by atoms with Crippen molar-refractivity contribution in [1.82, 2.24) is 9.91 Å². The molecule has 0 aliphatic carbocycles. The van der Waals surface area contributed by atoms with Gasteiger partial charge in [-0.15, -0.1) is 11.3 Å². The highest BCUT2D eigenvalue weighted by Crippen LogP contribution is 2.45. The Labute approximate surface area is 165 Å². The SMILES string of the molecule is CCc1cc2c(s1)C1(CCN(C/C(N)=C/N(N)CCSC)CC1)OCC2. The number of thiophene rings is 1. The van der Waals surface area contributed by atoms with E-state index in [0.717, 1.165) is 69.9 Å². The molecule has 0 atom stereocenters. The average molecular weight is 397 g/mol. The van der Waals surface area contributed by atoms with E-state index in [1.165, 1.54) is 15.3 Å². The number of piperidine rings is 1. The summed E-state index contributed by atoms with van der Waals surface area (Å²) in [5.74, 6) is 6.98. The Balaban J connectivity index is 1.58. The maximum atomic E-state index is 6.36. The monoisotopic (exact) mass is 396 g/mol. The van der Waals surface area contributed by atoms with Gasteiger partial charge in [-0.1, -0.05) is 6.92 Å². The van der Waals surface area contributed by atoms with Crippen molar-refractivity contribution in [2.24, 2.45) is 11.6 Å². The van der Waals surface area contributed by atoms with Crippen LogP contribution in [0.15, 0.2) is 18.0 Å². The van der Waals surface area contributed by atoms with Crippen LogP contribution in [0.3, 0.4) is 0 Å². The van der Waals surface area contributed by atoms with Crippen molar-refractivity contribution < 1.29 is 4.74 Å². The second kappa shape index (κ2) is 8.97. The molecule has 3 heterocycles. The third-order valence-electron chi connectivity index (χ3n) is 5.33. The minimum atomic E-state index is -0.0566. The highest BCUT2D eigenvalue weighted by Gasteiger charge is 2.42. The molecule has 1 aromatic rings. The van der Waals surface area contributed by atoms with Crippen molar-refractivity contribution in [2.45, 2.75) is 38.2 Å². The van der Waals surface area contributed by atoms with Crippen LogP contribution in [0.5, 0.6) is 0 Å². The zero-order valence-electron chi connectivity index (χ0n) is 16.0. The lowest BCUT2D eigenvalue weighted by Gasteiger charge is -2.43. The van der Waals surface area contributed by atoms with Gasteiger partial charge < -0.3 is 15.5 Å². The van der Waals surface area contributed by atoms with Gasteiger partial charge in [0.1, 0.15) is 5.60 Å². The van der Waals surface area contributed by atoms with E-state index in [2.05, 4.69) is 24.1 Å². The molecule has 3 rings (SSSR count). The van der Waals surface area contributed by atoms with Crippen LogP contribution in [0, 0.1) is 0 Å². The summed E-state index contributed by atoms with van der Waals surface area (Å²) in [4.78, 5) is 5.41. The summed E-state index contributed by atoms with van der Waals surface area (Å²) < 4.78 is 6.36. The number of fused-ring (bicyclic) bond motifs is 2. The number of hydrazine groups is 1. The Bertz CT molecular complexity index is 623.